The minimum atomic E-state index is 0.451. The van der Waals surface area contributed by atoms with Crippen LogP contribution in [-0.4, -0.2) is 21.5 Å². The van der Waals surface area contributed by atoms with Gasteiger partial charge in [-0.05, 0) is 25.6 Å². The molecule has 0 unspecified atom stereocenters. The second-order valence-corrected chi connectivity index (χ2v) is 4.93. The summed E-state index contributed by atoms with van der Waals surface area (Å²) in [6.45, 7) is 5.55. The Labute approximate surface area is 122 Å². The molecular formula is C13H14Cl2N4. The van der Waals surface area contributed by atoms with Crippen LogP contribution < -0.4 is 5.32 Å². The van der Waals surface area contributed by atoms with Crippen LogP contribution in [0.25, 0.3) is 11.5 Å². The third-order valence-electron chi connectivity index (χ3n) is 2.48. The Balaban J connectivity index is 2.41. The smallest absolute Gasteiger partial charge is 0.180 e. The molecule has 2 aromatic rings. The van der Waals surface area contributed by atoms with Crippen LogP contribution in [0.4, 0.5) is 0 Å². The van der Waals surface area contributed by atoms with Crippen LogP contribution in [0.2, 0.25) is 10.0 Å². The van der Waals surface area contributed by atoms with Crippen LogP contribution in [0, 0.1) is 6.92 Å². The van der Waals surface area contributed by atoms with E-state index < -0.39 is 0 Å². The molecule has 0 aliphatic rings. The molecular weight excluding hydrogens is 283 g/mol. The van der Waals surface area contributed by atoms with Crippen molar-refractivity contribution in [3.8, 4) is 11.5 Å². The molecule has 0 radical (unpaired) electrons. The van der Waals surface area contributed by atoms with Crippen molar-refractivity contribution in [2.24, 2.45) is 0 Å². The minimum absolute atomic E-state index is 0.451. The van der Waals surface area contributed by atoms with Gasteiger partial charge in [-0.1, -0.05) is 30.1 Å². The predicted octanol–water partition coefficient (Wildman–Crippen LogP) is 3.26. The summed E-state index contributed by atoms with van der Waals surface area (Å²) >= 11 is 12.0. The van der Waals surface area contributed by atoms with Crippen LogP contribution in [0.5, 0.6) is 0 Å². The van der Waals surface area contributed by atoms with Gasteiger partial charge in [0.2, 0.25) is 0 Å². The largest absolute Gasteiger partial charge is 0.311 e. The average Bonchev–Trinajstić information content (AvgIpc) is 2.35. The molecule has 2 rings (SSSR count). The Kier molecular flexibility index (Phi) is 4.69. The third-order valence-corrected chi connectivity index (χ3v) is 2.98. The van der Waals surface area contributed by atoms with Crippen LogP contribution in [0.1, 0.15) is 18.3 Å². The molecule has 100 valence electrons. The van der Waals surface area contributed by atoms with E-state index in [0.717, 1.165) is 17.9 Å². The van der Waals surface area contributed by atoms with Gasteiger partial charge in [-0.15, -0.1) is 0 Å². The molecule has 6 heteroatoms. The number of aryl methyl sites for hydroxylation is 1. The molecule has 0 saturated carbocycles. The zero-order chi connectivity index (χ0) is 13.8. The van der Waals surface area contributed by atoms with Gasteiger partial charge in [0.15, 0.2) is 5.82 Å². The molecule has 2 aromatic heterocycles. The van der Waals surface area contributed by atoms with E-state index in [1.807, 2.05) is 19.9 Å². The number of rotatable bonds is 4. The number of hydrogen-bond donors (Lipinski definition) is 1. The maximum atomic E-state index is 6.13. The molecule has 2 heterocycles. The molecule has 0 aliphatic carbocycles. The first-order valence-corrected chi connectivity index (χ1v) is 6.72. The van der Waals surface area contributed by atoms with Crippen LogP contribution in [0.15, 0.2) is 18.3 Å². The van der Waals surface area contributed by atoms with Gasteiger partial charge in [0.1, 0.15) is 5.69 Å². The summed E-state index contributed by atoms with van der Waals surface area (Å²) in [6.07, 6.45) is 1.54. The highest BCUT2D eigenvalue weighted by molar-refractivity contribution is 6.35. The second kappa shape index (κ2) is 6.28. The van der Waals surface area contributed by atoms with Gasteiger partial charge in [0.25, 0.3) is 0 Å². The maximum absolute atomic E-state index is 6.13. The first kappa shape index (κ1) is 14.2. The fourth-order valence-corrected chi connectivity index (χ4v) is 2.13. The summed E-state index contributed by atoms with van der Waals surface area (Å²) < 4.78 is 0. The van der Waals surface area contributed by atoms with E-state index in [-0.39, 0.29) is 0 Å². The van der Waals surface area contributed by atoms with Crippen LogP contribution in [-0.2, 0) is 6.54 Å². The van der Waals surface area contributed by atoms with Gasteiger partial charge in [-0.25, -0.2) is 15.0 Å². The Bertz CT molecular complexity index is 587. The Morgan fingerprint density at radius 1 is 1.21 bits per heavy atom. The second-order valence-electron chi connectivity index (χ2n) is 4.09. The number of halogens is 2. The fraction of sp³-hybridized carbons (Fsp3) is 0.308. The lowest BCUT2D eigenvalue weighted by atomic mass is 10.3. The quantitative estimate of drug-likeness (QED) is 0.941. The van der Waals surface area contributed by atoms with Gasteiger partial charge < -0.3 is 5.32 Å². The van der Waals surface area contributed by atoms with E-state index in [1.165, 1.54) is 0 Å². The normalized spacial score (nSPS) is 10.7. The first-order valence-electron chi connectivity index (χ1n) is 5.97. The monoisotopic (exact) mass is 296 g/mol. The minimum Gasteiger partial charge on any atom is -0.311 e. The molecule has 19 heavy (non-hydrogen) atoms. The van der Waals surface area contributed by atoms with E-state index in [1.54, 1.807) is 12.3 Å². The van der Waals surface area contributed by atoms with Gasteiger partial charge >= 0.3 is 0 Å². The zero-order valence-corrected chi connectivity index (χ0v) is 12.3. The Morgan fingerprint density at radius 3 is 2.68 bits per heavy atom. The van der Waals surface area contributed by atoms with Crippen molar-refractivity contribution in [1.29, 1.82) is 0 Å². The molecule has 0 atom stereocenters. The number of pyridine rings is 1. The molecule has 0 spiro atoms. The predicted molar refractivity (Wildman–Crippen MR) is 77.4 cm³/mol. The van der Waals surface area contributed by atoms with Crippen molar-refractivity contribution in [1.82, 2.24) is 20.3 Å². The molecule has 0 aliphatic heterocycles. The van der Waals surface area contributed by atoms with E-state index in [9.17, 15) is 0 Å². The van der Waals surface area contributed by atoms with Crippen molar-refractivity contribution in [2.45, 2.75) is 20.4 Å². The van der Waals surface area contributed by atoms with Crippen molar-refractivity contribution in [3.05, 3.63) is 39.8 Å². The van der Waals surface area contributed by atoms with Crippen LogP contribution in [0.3, 0.4) is 0 Å². The molecule has 4 nitrogen and oxygen atoms in total. The highest BCUT2D eigenvalue weighted by Gasteiger charge is 2.11. The Hall–Kier alpha value is -1.23. The molecule has 0 amide bonds. The van der Waals surface area contributed by atoms with Gasteiger partial charge in [-0.3, -0.25) is 0 Å². The van der Waals surface area contributed by atoms with E-state index in [0.29, 0.717) is 28.1 Å². The fourth-order valence-electron chi connectivity index (χ4n) is 1.66. The van der Waals surface area contributed by atoms with Gasteiger partial charge in [0, 0.05) is 18.4 Å². The SMILES string of the molecule is CCNCc1cc(C)nc(-c2ncc(Cl)cc2Cl)n1. The van der Waals surface area contributed by atoms with E-state index in [2.05, 4.69) is 20.3 Å². The zero-order valence-electron chi connectivity index (χ0n) is 10.7. The lowest BCUT2D eigenvalue weighted by Crippen LogP contribution is -2.14. The lowest BCUT2D eigenvalue weighted by molar-refractivity contribution is 0.707. The summed E-state index contributed by atoms with van der Waals surface area (Å²) in [5.41, 5.74) is 2.34. The molecule has 0 saturated heterocycles. The molecule has 0 aromatic carbocycles. The maximum Gasteiger partial charge on any atom is 0.180 e. The van der Waals surface area contributed by atoms with E-state index in [4.69, 9.17) is 23.2 Å². The number of nitrogens with one attached hydrogen (secondary N) is 1. The summed E-state index contributed by atoms with van der Waals surface area (Å²) in [5, 5.41) is 4.18. The van der Waals surface area contributed by atoms with Crippen molar-refractivity contribution in [3.63, 3.8) is 0 Å². The highest BCUT2D eigenvalue weighted by Crippen LogP contribution is 2.25. The summed E-state index contributed by atoms with van der Waals surface area (Å²) in [6, 6.07) is 3.58. The summed E-state index contributed by atoms with van der Waals surface area (Å²) in [4.78, 5) is 13.0. The first-order chi connectivity index (χ1) is 9.10. The van der Waals surface area contributed by atoms with Gasteiger partial charge in [-0.2, -0.15) is 0 Å². The van der Waals surface area contributed by atoms with Gasteiger partial charge in [0.05, 0.1) is 15.7 Å². The third kappa shape index (κ3) is 3.62. The van der Waals surface area contributed by atoms with Crippen molar-refractivity contribution >= 4 is 23.2 Å². The standard InChI is InChI=1S/C13H14Cl2N4/c1-3-16-7-10-4-8(2)18-13(19-10)12-11(15)5-9(14)6-17-12/h4-6,16H,3,7H2,1-2H3. The number of nitrogens with zero attached hydrogens (tertiary/aromatic N) is 3. The average molecular weight is 297 g/mol. The van der Waals surface area contributed by atoms with Crippen molar-refractivity contribution < 1.29 is 0 Å². The molecule has 1 N–H and O–H groups in total. The summed E-state index contributed by atoms with van der Waals surface area (Å²) in [7, 11) is 0. The molecule has 0 fully saturated rings. The topological polar surface area (TPSA) is 50.7 Å². The van der Waals surface area contributed by atoms with E-state index >= 15 is 0 Å². The highest BCUT2D eigenvalue weighted by atomic mass is 35.5. The molecule has 0 bridgehead atoms. The van der Waals surface area contributed by atoms with Crippen molar-refractivity contribution in [2.75, 3.05) is 6.54 Å². The number of hydrogen-bond acceptors (Lipinski definition) is 4. The number of aromatic nitrogens is 3. The summed E-state index contributed by atoms with van der Waals surface area (Å²) in [5.74, 6) is 0.523. The van der Waals surface area contributed by atoms with Crippen LogP contribution >= 0.6 is 23.2 Å². The Morgan fingerprint density at radius 2 is 2.00 bits per heavy atom. The lowest BCUT2D eigenvalue weighted by Gasteiger charge is -2.07.